The number of carbonyl (C=O) groups is 2. The molecule has 0 fully saturated rings. The van der Waals surface area contributed by atoms with Gasteiger partial charge in [0.25, 0.3) is 0 Å². The first-order chi connectivity index (χ1) is 14.0. The van der Waals surface area contributed by atoms with E-state index in [1.165, 1.54) is 24.4 Å². The standard InChI is InChI=1S/C22H16BrFN2O3/c23-18-9-7-15(8-10-18)12-21(27)26-25-14-16-3-1-6-20(11-16)29-22(28)17-4-2-5-19(24)13-17/h1-11,13-14H,12H2,(H,26,27)/b25-14+. The third-order valence-corrected chi connectivity index (χ3v) is 4.34. The summed E-state index contributed by atoms with van der Waals surface area (Å²) in [5.74, 6) is -1.15. The second-order valence-corrected chi connectivity index (χ2v) is 6.98. The molecule has 5 nitrogen and oxygen atoms in total. The predicted octanol–water partition coefficient (Wildman–Crippen LogP) is 4.50. The zero-order valence-corrected chi connectivity index (χ0v) is 16.7. The van der Waals surface area contributed by atoms with E-state index in [1.807, 2.05) is 24.3 Å². The molecule has 3 rings (SSSR count). The molecule has 0 saturated heterocycles. The summed E-state index contributed by atoms with van der Waals surface area (Å²) in [7, 11) is 0. The molecule has 1 N–H and O–H groups in total. The van der Waals surface area contributed by atoms with Crippen molar-refractivity contribution in [2.45, 2.75) is 6.42 Å². The number of nitrogens with zero attached hydrogens (tertiary/aromatic N) is 1. The molecule has 0 radical (unpaired) electrons. The highest BCUT2D eigenvalue weighted by molar-refractivity contribution is 9.10. The average molecular weight is 455 g/mol. The van der Waals surface area contributed by atoms with Crippen molar-refractivity contribution in [1.29, 1.82) is 0 Å². The van der Waals surface area contributed by atoms with E-state index in [9.17, 15) is 14.0 Å². The number of rotatable bonds is 6. The minimum atomic E-state index is -0.665. The Bertz CT molecular complexity index is 1050. The van der Waals surface area contributed by atoms with Crippen LogP contribution >= 0.6 is 15.9 Å². The minimum Gasteiger partial charge on any atom is -0.423 e. The number of amides is 1. The number of ether oxygens (including phenoxy) is 1. The van der Waals surface area contributed by atoms with Crippen molar-refractivity contribution < 1.29 is 18.7 Å². The maximum absolute atomic E-state index is 13.2. The quantitative estimate of drug-likeness (QED) is 0.258. The molecule has 0 aliphatic rings. The van der Waals surface area contributed by atoms with E-state index in [4.69, 9.17) is 4.74 Å². The number of hydrogen-bond acceptors (Lipinski definition) is 4. The summed E-state index contributed by atoms with van der Waals surface area (Å²) in [5, 5.41) is 3.92. The number of hydrazone groups is 1. The molecular formula is C22H16BrFN2O3. The van der Waals surface area contributed by atoms with Crippen molar-refractivity contribution in [3.63, 3.8) is 0 Å². The van der Waals surface area contributed by atoms with Gasteiger partial charge in [-0.3, -0.25) is 4.79 Å². The Labute approximate surface area is 175 Å². The zero-order chi connectivity index (χ0) is 20.6. The fourth-order valence-electron chi connectivity index (χ4n) is 2.45. The van der Waals surface area contributed by atoms with E-state index in [0.717, 1.165) is 16.1 Å². The Balaban J connectivity index is 1.57. The lowest BCUT2D eigenvalue weighted by molar-refractivity contribution is -0.120. The molecule has 0 heterocycles. The molecule has 1 amide bonds. The van der Waals surface area contributed by atoms with Gasteiger partial charge in [-0.1, -0.05) is 46.3 Å². The van der Waals surface area contributed by atoms with Gasteiger partial charge in [-0.05, 0) is 53.6 Å². The van der Waals surface area contributed by atoms with Crippen LogP contribution in [0.4, 0.5) is 4.39 Å². The highest BCUT2D eigenvalue weighted by Crippen LogP contribution is 2.15. The van der Waals surface area contributed by atoms with Crippen LogP contribution < -0.4 is 10.2 Å². The van der Waals surface area contributed by atoms with E-state index < -0.39 is 11.8 Å². The van der Waals surface area contributed by atoms with Crippen molar-refractivity contribution in [2.24, 2.45) is 5.10 Å². The fourth-order valence-corrected chi connectivity index (χ4v) is 2.71. The topological polar surface area (TPSA) is 67.8 Å². The van der Waals surface area contributed by atoms with Crippen LogP contribution in [0.25, 0.3) is 0 Å². The van der Waals surface area contributed by atoms with Crippen LogP contribution in [0.1, 0.15) is 21.5 Å². The molecule has 0 aliphatic heterocycles. The molecule has 29 heavy (non-hydrogen) atoms. The SMILES string of the molecule is O=C(Cc1ccc(Br)cc1)N/N=C/c1cccc(OC(=O)c2cccc(F)c2)c1. The highest BCUT2D eigenvalue weighted by Gasteiger charge is 2.09. The predicted molar refractivity (Wildman–Crippen MR) is 111 cm³/mol. The van der Waals surface area contributed by atoms with Crippen molar-refractivity contribution in [3.05, 3.63) is 99.8 Å². The van der Waals surface area contributed by atoms with Crippen molar-refractivity contribution >= 4 is 34.0 Å². The van der Waals surface area contributed by atoms with Crippen LogP contribution in [0.5, 0.6) is 5.75 Å². The highest BCUT2D eigenvalue weighted by atomic mass is 79.9. The lowest BCUT2D eigenvalue weighted by atomic mass is 10.1. The molecule has 0 unspecified atom stereocenters. The summed E-state index contributed by atoms with van der Waals surface area (Å²) in [6.07, 6.45) is 1.65. The van der Waals surface area contributed by atoms with Gasteiger partial charge in [0.15, 0.2) is 0 Å². The average Bonchev–Trinajstić information content (AvgIpc) is 2.70. The van der Waals surface area contributed by atoms with Gasteiger partial charge in [-0.25, -0.2) is 14.6 Å². The van der Waals surface area contributed by atoms with E-state index in [1.54, 1.807) is 24.3 Å². The number of nitrogens with one attached hydrogen (secondary N) is 1. The lowest BCUT2D eigenvalue weighted by Gasteiger charge is -2.05. The summed E-state index contributed by atoms with van der Waals surface area (Å²) >= 11 is 3.34. The van der Waals surface area contributed by atoms with Crippen molar-refractivity contribution in [3.8, 4) is 5.75 Å². The van der Waals surface area contributed by atoms with E-state index in [0.29, 0.717) is 5.56 Å². The summed E-state index contributed by atoms with van der Waals surface area (Å²) in [6, 6.07) is 19.3. The van der Waals surface area contributed by atoms with Gasteiger partial charge < -0.3 is 4.74 Å². The van der Waals surface area contributed by atoms with Gasteiger partial charge in [0, 0.05) is 4.47 Å². The third kappa shape index (κ3) is 6.36. The summed E-state index contributed by atoms with van der Waals surface area (Å²) in [4.78, 5) is 24.0. The molecular weight excluding hydrogens is 439 g/mol. The van der Waals surface area contributed by atoms with Crippen molar-refractivity contribution in [1.82, 2.24) is 5.43 Å². The Morgan fingerprint density at radius 3 is 2.55 bits per heavy atom. The first-order valence-corrected chi connectivity index (χ1v) is 9.43. The number of halogens is 2. The number of carbonyl (C=O) groups excluding carboxylic acids is 2. The largest absolute Gasteiger partial charge is 0.423 e. The normalized spacial score (nSPS) is 10.7. The van der Waals surface area contributed by atoms with Gasteiger partial charge in [-0.15, -0.1) is 0 Å². The van der Waals surface area contributed by atoms with Gasteiger partial charge in [0.2, 0.25) is 5.91 Å². The van der Waals surface area contributed by atoms with E-state index >= 15 is 0 Å². The summed E-state index contributed by atoms with van der Waals surface area (Å²) < 4.78 is 19.4. The van der Waals surface area contributed by atoms with Crippen LogP contribution in [0.15, 0.2) is 82.4 Å². The van der Waals surface area contributed by atoms with Gasteiger partial charge in [0.05, 0.1) is 18.2 Å². The summed E-state index contributed by atoms with van der Waals surface area (Å²) in [5.41, 5.74) is 4.06. The van der Waals surface area contributed by atoms with E-state index in [2.05, 4.69) is 26.5 Å². The number of hydrogen-bond donors (Lipinski definition) is 1. The van der Waals surface area contributed by atoms with Gasteiger partial charge >= 0.3 is 5.97 Å². The number of esters is 1. The lowest BCUT2D eigenvalue weighted by Crippen LogP contribution is -2.19. The minimum absolute atomic E-state index is 0.115. The van der Waals surface area contributed by atoms with Crippen LogP contribution in [-0.4, -0.2) is 18.1 Å². The maximum Gasteiger partial charge on any atom is 0.343 e. The molecule has 3 aromatic carbocycles. The monoisotopic (exact) mass is 454 g/mol. The smallest absolute Gasteiger partial charge is 0.343 e. The molecule has 0 spiro atoms. The van der Waals surface area contributed by atoms with Crippen LogP contribution in [-0.2, 0) is 11.2 Å². The van der Waals surface area contributed by atoms with Crippen LogP contribution in [0.2, 0.25) is 0 Å². The first kappa shape index (κ1) is 20.4. The van der Waals surface area contributed by atoms with Crippen LogP contribution in [0.3, 0.4) is 0 Å². The van der Waals surface area contributed by atoms with Gasteiger partial charge in [0.1, 0.15) is 11.6 Å². The Morgan fingerprint density at radius 1 is 1.03 bits per heavy atom. The fraction of sp³-hybridized carbons (Fsp3) is 0.0455. The molecule has 0 saturated carbocycles. The Morgan fingerprint density at radius 2 is 1.79 bits per heavy atom. The molecule has 3 aromatic rings. The molecule has 0 bridgehead atoms. The third-order valence-electron chi connectivity index (χ3n) is 3.81. The molecule has 146 valence electrons. The molecule has 0 aromatic heterocycles. The number of benzene rings is 3. The zero-order valence-electron chi connectivity index (χ0n) is 15.1. The second kappa shape index (κ2) is 9.75. The van der Waals surface area contributed by atoms with Crippen LogP contribution in [0, 0.1) is 5.82 Å². The van der Waals surface area contributed by atoms with E-state index in [-0.39, 0.29) is 23.6 Å². The first-order valence-electron chi connectivity index (χ1n) is 8.64. The van der Waals surface area contributed by atoms with Gasteiger partial charge in [-0.2, -0.15) is 5.10 Å². The van der Waals surface area contributed by atoms with Crippen molar-refractivity contribution in [2.75, 3.05) is 0 Å². The maximum atomic E-state index is 13.2. The second-order valence-electron chi connectivity index (χ2n) is 6.07. The molecule has 0 atom stereocenters. The molecule has 7 heteroatoms. The Hall–Kier alpha value is -3.32. The summed E-state index contributed by atoms with van der Waals surface area (Å²) in [6.45, 7) is 0. The molecule has 0 aliphatic carbocycles. The Kier molecular flexibility index (Phi) is 6.86.